The molecule has 0 amide bonds. The lowest BCUT2D eigenvalue weighted by atomic mass is 9.76. The molecule has 0 aromatic rings. The smallest absolute Gasteiger partial charge is 0.150 e. The molecule has 0 aromatic heterocycles. The predicted molar refractivity (Wildman–Crippen MR) is 53.3 cm³/mol. The molecular formula is C12H17F. The van der Waals surface area contributed by atoms with E-state index in [0.717, 1.165) is 19.3 Å². The summed E-state index contributed by atoms with van der Waals surface area (Å²) < 4.78 is 14.3. The minimum atomic E-state index is -1.11. The van der Waals surface area contributed by atoms with Crippen molar-refractivity contribution in [2.75, 3.05) is 0 Å². The average molecular weight is 180 g/mol. The Balaban J connectivity index is 2.07. The fourth-order valence-corrected chi connectivity index (χ4v) is 2.45. The number of alkyl halides is 1. The maximum atomic E-state index is 14.3. The number of rotatable bonds is 1. The molecule has 1 saturated carbocycles. The van der Waals surface area contributed by atoms with Gasteiger partial charge in [0.25, 0.3) is 0 Å². The van der Waals surface area contributed by atoms with Crippen LogP contribution in [-0.4, -0.2) is 5.67 Å². The quantitative estimate of drug-likeness (QED) is 0.538. The van der Waals surface area contributed by atoms with Gasteiger partial charge in [0.2, 0.25) is 0 Å². The molecule has 0 spiro atoms. The first kappa shape index (κ1) is 8.98. The summed E-state index contributed by atoms with van der Waals surface area (Å²) in [5.41, 5.74) is -1.11. The Morgan fingerprint density at radius 1 is 1.00 bits per heavy atom. The van der Waals surface area contributed by atoms with Crippen molar-refractivity contribution in [2.24, 2.45) is 5.92 Å². The number of hydrogen-bond acceptors (Lipinski definition) is 0. The molecule has 0 N–H and O–H groups in total. The van der Waals surface area contributed by atoms with Gasteiger partial charge < -0.3 is 0 Å². The van der Waals surface area contributed by atoms with E-state index in [4.69, 9.17) is 0 Å². The molecule has 0 unspecified atom stereocenters. The predicted octanol–water partition coefficient (Wildman–Crippen LogP) is 3.79. The molecule has 13 heavy (non-hydrogen) atoms. The summed E-state index contributed by atoms with van der Waals surface area (Å²) in [6.07, 6.45) is 14.2. The van der Waals surface area contributed by atoms with Crippen LogP contribution in [0.3, 0.4) is 0 Å². The molecule has 0 aliphatic heterocycles. The van der Waals surface area contributed by atoms with Gasteiger partial charge >= 0.3 is 0 Å². The van der Waals surface area contributed by atoms with Gasteiger partial charge in [-0.25, -0.2) is 4.39 Å². The van der Waals surface area contributed by atoms with Crippen molar-refractivity contribution in [3.63, 3.8) is 0 Å². The van der Waals surface area contributed by atoms with E-state index in [9.17, 15) is 4.39 Å². The molecular weight excluding hydrogens is 163 g/mol. The normalized spacial score (nSPS) is 27.8. The van der Waals surface area contributed by atoms with Crippen LogP contribution in [0.25, 0.3) is 0 Å². The average Bonchev–Trinajstić information content (AvgIpc) is 2.20. The fraction of sp³-hybridized carbons (Fsp3) is 0.667. The second-order valence-corrected chi connectivity index (χ2v) is 4.20. The van der Waals surface area contributed by atoms with Crippen molar-refractivity contribution in [2.45, 2.75) is 44.2 Å². The third-order valence-corrected chi connectivity index (χ3v) is 3.25. The van der Waals surface area contributed by atoms with E-state index in [1.807, 2.05) is 12.2 Å². The van der Waals surface area contributed by atoms with Crippen LogP contribution >= 0.6 is 0 Å². The Labute approximate surface area is 79.5 Å². The third-order valence-electron chi connectivity index (χ3n) is 3.25. The van der Waals surface area contributed by atoms with E-state index in [1.54, 1.807) is 12.2 Å². The summed E-state index contributed by atoms with van der Waals surface area (Å²) in [6.45, 7) is 0. The Morgan fingerprint density at radius 3 is 2.23 bits per heavy atom. The van der Waals surface area contributed by atoms with Gasteiger partial charge in [0.15, 0.2) is 0 Å². The maximum Gasteiger partial charge on any atom is 0.150 e. The van der Waals surface area contributed by atoms with Crippen LogP contribution in [-0.2, 0) is 0 Å². The highest BCUT2D eigenvalue weighted by atomic mass is 19.1. The summed E-state index contributed by atoms with van der Waals surface area (Å²) >= 11 is 0. The van der Waals surface area contributed by atoms with Gasteiger partial charge in [0.1, 0.15) is 5.67 Å². The Bertz CT molecular complexity index is 209. The van der Waals surface area contributed by atoms with Crippen molar-refractivity contribution < 1.29 is 4.39 Å². The largest absolute Gasteiger partial charge is 0.234 e. The SMILES string of the molecule is FC1(C2CCCCC2)C=CCC=C1. The molecule has 0 heterocycles. The number of allylic oxidation sites excluding steroid dienone is 4. The van der Waals surface area contributed by atoms with Crippen molar-refractivity contribution in [3.8, 4) is 0 Å². The molecule has 1 heteroatoms. The Morgan fingerprint density at radius 2 is 1.62 bits per heavy atom. The van der Waals surface area contributed by atoms with Crippen LogP contribution in [0.2, 0.25) is 0 Å². The first-order chi connectivity index (χ1) is 6.31. The standard InChI is InChI=1S/C12H17F/c13-12(9-5-2-6-10-12)11-7-3-1-4-8-11/h5-6,9-11H,1-4,7-8H2. The van der Waals surface area contributed by atoms with Crippen LogP contribution in [0.1, 0.15) is 38.5 Å². The van der Waals surface area contributed by atoms with E-state index >= 15 is 0 Å². The van der Waals surface area contributed by atoms with E-state index in [0.29, 0.717) is 0 Å². The zero-order valence-electron chi connectivity index (χ0n) is 8.01. The van der Waals surface area contributed by atoms with Gasteiger partial charge in [-0.1, -0.05) is 31.4 Å². The first-order valence-electron chi connectivity index (χ1n) is 5.35. The molecule has 2 aliphatic rings. The lowest BCUT2D eigenvalue weighted by molar-refractivity contribution is 0.150. The summed E-state index contributed by atoms with van der Waals surface area (Å²) in [5.74, 6) is 0.244. The molecule has 0 saturated heterocycles. The van der Waals surface area contributed by atoms with Crippen LogP contribution in [0, 0.1) is 5.92 Å². The molecule has 1 fully saturated rings. The first-order valence-corrected chi connectivity index (χ1v) is 5.35. The van der Waals surface area contributed by atoms with E-state index in [1.165, 1.54) is 19.3 Å². The third kappa shape index (κ3) is 1.84. The van der Waals surface area contributed by atoms with Gasteiger partial charge in [-0.2, -0.15) is 0 Å². The Kier molecular flexibility index (Phi) is 2.52. The summed E-state index contributed by atoms with van der Waals surface area (Å²) in [5, 5.41) is 0. The summed E-state index contributed by atoms with van der Waals surface area (Å²) in [7, 11) is 0. The highest BCUT2D eigenvalue weighted by Crippen LogP contribution is 2.38. The van der Waals surface area contributed by atoms with E-state index in [2.05, 4.69) is 0 Å². The van der Waals surface area contributed by atoms with Gasteiger partial charge in [0.05, 0.1) is 0 Å². The van der Waals surface area contributed by atoms with Gasteiger partial charge in [-0.15, -0.1) is 0 Å². The highest BCUT2D eigenvalue weighted by Gasteiger charge is 2.35. The van der Waals surface area contributed by atoms with Crippen molar-refractivity contribution >= 4 is 0 Å². The van der Waals surface area contributed by atoms with Crippen molar-refractivity contribution in [1.82, 2.24) is 0 Å². The topological polar surface area (TPSA) is 0 Å². The highest BCUT2D eigenvalue weighted by molar-refractivity contribution is 5.22. The van der Waals surface area contributed by atoms with Crippen molar-refractivity contribution in [1.29, 1.82) is 0 Å². The van der Waals surface area contributed by atoms with Crippen molar-refractivity contribution in [3.05, 3.63) is 24.3 Å². The molecule has 0 nitrogen and oxygen atoms in total. The second kappa shape index (κ2) is 3.65. The molecule has 72 valence electrons. The molecule has 0 radical (unpaired) electrons. The van der Waals surface area contributed by atoms with Crippen LogP contribution in [0.15, 0.2) is 24.3 Å². The maximum absolute atomic E-state index is 14.3. The number of hydrogen-bond donors (Lipinski definition) is 0. The second-order valence-electron chi connectivity index (χ2n) is 4.20. The molecule has 0 aromatic carbocycles. The van der Waals surface area contributed by atoms with Gasteiger partial charge in [0, 0.05) is 5.92 Å². The van der Waals surface area contributed by atoms with Gasteiger partial charge in [-0.3, -0.25) is 0 Å². The van der Waals surface area contributed by atoms with Gasteiger partial charge in [-0.05, 0) is 31.4 Å². The molecule has 2 aliphatic carbocycles. The van der Waals surface area contributed by atoms with Crippen LogP contribution < -0.4 is 0 Å². The van der Waals surface area contributed by atoms with Crippen LogP contribution in [0.5, 0.6) is 0 Å². The zero-order chi connectivity index (χ0) is 9.15. The minimum absolute atomic E-state index is 0.244. The minimum Gasteiger partial charge on any atom is -0.234 e. The summed E-state index contributed by atoms with van der Waals surface area (Å²) in [4.78, 5) is 0. The number of halogens is 1. The fourth-order valence-electron chi connectivity index (χ4n) is 2.45. The lowest BCUT2D eigenvalue weighted by Crippen LogP contribution is -2.31. The molecule has 2 rings (SSSR count). The zero-order valence-corrected chi connectivity index (χ0v) is 8.01. The molecule has 0 atom stereocenters. The van der Waals surface area contributed by atoms with E-state index < -0.39 is 5.67 Å². The lowest BCUT2D eigenvalue weighted by Gasteiger charge is -2.33. The summed E-state index contributed by atoms with van der Waals surface area (Å²) in [6, 6.07) is 0. The van der Waals surface area contributed by atoms with E-state index in [-0.39, 0.29) is 5.92 Å². The monoisotopic (exact) mass is 180 g/mol. The Hall–Kier alpha value is -0.590. The molecule has 0 bridgehead atoms. The van der Waals surface area contributed by atoms with Crippen LogP contribution in [0.4, 0.5) is 4.39 Å².